The first-order valence-electron chi connectivity index (χ1n) is 9.05. The average molecular weight is 394 g/mol. The fourth-order valence-corrected chi connectivity index (χ4v) is 4.41. The lowest BCUT2D eigenvalue weighted by Gasteiger charge is -2.32. The van der Waals surface area contributed by atoms with E-state index in [-0.39, 0.29) is 11.9 Å². The monoisotopic (exact) mass is 394 g/mol. The topological polar surface area (TPSA) is 86.0 Å². The number of pyridine rings is 2. The number of ether oxygens (including phenoxy) is 1. The minimum absolute atomic E-state index is 0.0444. The maximum atomic E-state index is 12.9. The highest BCUT2D eigenvalue weighted by Gasteiger charge is 2.26. The van der Waals surface area contributed by atoms with Crippen LogP contribution < -0.4 is 0 Å². The summed E-state index contributed by atoms with van der Waals surface area (Å²) < 4.78 is 7.07. The van der Waals surface area contributed by atoms with Crippen LogP contribution >= 0.6 is 11.3 Å². The molecule has 4 aromatic heterocycles. The molecule has 5 heterocycles. The van der Waals surface area contributed by atoms with Gasteiger partial charge in [0.1, 0.15) is 10.3 Å². The first-order valence-corrected chi connectivity index (χ1v) is 9.87. The van der Waals surface area contributed by atoms with Crippen molar-refractivity contribution >= 4 is 38.6 Å². The second-order valence-electron chi connectivity index (χ2n) is 6.90. The van der Waals surface area contributed by atoms with E-state index in [4.69, 9.17) is 9.72 Å². The number of fused-ring (bicyclic) bond motifs is 2. The van der Waals surface area contributed by atoms with Crippen molar-refractivity contribution in [2.24, 2.45) is 7.05 Å². The minimum atomic E-state index is 0.0444. The molecule has 28 heavy (non-hydrogen) atoms. The Morgan fingerprint density at radius 2 is 2.21 bits per heavy atom. The van der Waals surface area contributed by atoms with Gasteiger partial charge in [-0.05, 0) is 31.2 Å². The number of hydrogen-bond acceptors (Lipinski definition) is 7. The van der Waals surface area contributed by atoms with Crippen molar-refractivity contribution in [1.82, 2.24) is 29.9 Å². The van der Waals surface area contributed by atoms with E-state index in [1.54, 1.807) is 10.9 Å². The molecule has 0 N–H and O–H groups in total. The zero-order valence-corrected chi connectivity index (χ0v) is 16.3. The third-order valence-corrected chi connectivity index (χ3v) is 5.99. The summed E-state index contributed by atoms with van der Waals surface area (Å²) >= 11 is 1.42. The number of carbonyl (C=O) groups excluding carboxylic acids is 1. The Bertz CT molecular complexity index is 1200. The molecule has 8 nitrogen and oxygen atoms in total. The normalized spacial score (nSPS) is 17.5. The van der Waals surface area contributed by atoms with Gasteiger partial charge < -0.3 is 9.64 Å². The third kappa shape index (κ3) is 2.83. The van der Waals surface area contributed by atoms with E-state index in [0.29, 0.717) is 24.6 Å². The molecule has 0 unspecified atom stereocenters. The van der Waals surface area contributed by atoms with Gasteiger partial charge in [0.15, 0.2) is 5.65 Å². The van der Waals surface area contributed by atoms with Gasteiger partial charge in [-0.25, -0.2) is 14.6 Å². The summed E-state index contributed by atoms with van der Waals surface area (Å²) in [4.78, 5) is 25.5. The van der Waals surface area contributed by atoms with Crippen molar-refractivity contribution in [3.05, 3.63) is 35.3 Å². The second-order valence-corrected chi connectivity index (χ2v) is 7.93. The van der Waals surface area contributed by atoms with Crippen molar-refractivity contribution in [3.63, 3.8) is 0 Å². The van der Waals surface area contributed by atoms with Gasteiger partial charge in [0.05, 0.1) is 29.8 Å². The molecule has 1 fully saturated rings. The lowest BCUT2D eigenvalue weighted by atomic mass is 10.1. The summed E-state index contributed by atoms with van der Waals surface area (Å²) in [6, 6.07) is 7.87. The van der Waals surface area contributed by atoms with Crippen molar-refractivity contribution < 1.29 is 9.53 Å². The number of morpholine rings is 1. The van der Waals surface area contributed by atoms with Crippen LogP contribution in [0.4, 0.5) is 0 Å². The van der Waals surface area contributed by atoms with Crippen LogP contribution in [-0.4, -0.2) is 61.6 Å². The van der Waals surface area contributed by atoms with Gasteiger partial charge in [0.2, 0.25) is 0 Å². The molecule has 1 aliphatic heterocycles. The number of aromatic nitrogens is 5. The molecular weight excluding hydrogens is 376 g/mol. The molecular formula is C19H18N6O2S. The molecule has 1 amide bonds. The standard InChI is InChI=1S/C19H18N6O2S/c1-11-10-27-6-5-25(11)19(26)16-8-12-3-4-14(21-18(12)28-16)13-7-15-17(20-9-13)24(2)23-22-15/h3-4,7-9,11H,5-6,10H2,1-2H3/t11-/m0/s1. The summed E-state index contributed by atoms with van der Waals surface area (Å²) in [5.41, 5.74) is 3.13. The molecule has 1 atom stereocenters. The lowest BCUT2D eigenvalue weighted by Crippen LogP contribution is -2.46. The Morgan fingerprint density at radius 1 is 1.32 bits per heavy atom. The SMILES string of the molecule is C[C@H]1COCCN1C(=O)c1cc2ccc(-c3cnc4c(c3)nnn4C)nc2s1. The number of carbonyl (C=O) groups is 1. The Hall–Kier alpha value is -2.91. The van der Waals surface area contributed by atoms with E-state index >= 15 is 0 Å². The van der Waals surface area contributed by atoms with E-state index in [1.165, 1.54) is 11.3 Å². The predicted molar refractivity (Wildman–Crippen MR) is 106 cm³/mol. The highest BCUT2D eigenvalue weighted by Crippen LogP contribution is 2.29. The zero-order chi connectivity index (χ0) is 19.3. The molecule has 0 bridgehead atoms. The Labute approximate surface area is 164 Å². The summed E-state index contributed by atoms with van der Waals surface area (Å²) in [6.45, 7) is 3.80. The van der Waals surface area contributed by atoms with Crippen molar-refractivity contribution in [2.45, 2.75) is 13.0 Å². The second kappa shape index (κ2) is 6.61. The number of hydrogen-bond donors (Lipinski definition) is 0. The van der Waals surface area contributed by atoms with E-state index in [1.807, 2.05) is 43.1 Å². The highest BCUT2D eigenvalue weighted by atomic mass is 32.1. The fraction of sp³-hybridized carbons (Fsp3) is 0.316. The number of aryl methyl sites for hydroxylation is 1. The summed E-state index contributed by atoms with van der Waals surface area (Å²) in [5, 5.41) is 9.07. The van der Waals surface area contributed by atoms with Crippen LogP contribution in [0.25, 0.3) is 32.6 Å². The molecule has 0 saturated carbocycles. The Balaban J connectivity index is 1.49. The van der Waals surface area contributed by atoms with Crippen molar-refractivity contribution in [3.8, 4) is 11.3 Å². The third-order valence-electron chi connectivity index (χ3n) is 4.96. The van der Waals surface area contributed by atoms with E-state index < -0.39 is 0 Å². The highest BCUT2D eigenvalue weighted by molar-refractivity contribution is 7.20. The van der Waals surface area contributed by atoms with E-state index in [2.05, 4.69) is 15.3 Å². The van der Waals surface area contributed by atoms with Gasteiger partial charge in [-0.1, -0.05) is 5.21 Å². The number of rotatable bonds is 2. The van der Waals surface area contributed by atoms with Crippen LogP contribution in [0.2, 0.25) is 0 Å². The largest absolute Gasteiger partial charge is 0.377 e. The van der Waals surface area contributed by atoms with Crippen molar-refractivity contribution in [1.29, 1.82) is 0 Å². The van der Waals surface area contributed by atoms with Gasteiger partial charge in [0.25, 0.3) is 5.91 Å². The first kappa shape index (κ1) is 17.2. The lowest BCUT2D eigenvalue weighted by molar-refractivity contribution is 0.00387. The Morgan fingerprint density at radius 3 is 3.07 bits per heavy atom. The van der Waals surface area contributed by atoms with Crippen LogP contribution in [-0.2, 0) is 11.8 Å². The number of amides is 1. The molecule has 1 saturated heterocycles. The molecule has 0 aliphatic carbocycles. The van der Waals surface area contributed by atoms with Gasteiger partial charge in [-0.15, -0.1) is 16.4 Å². The quantitative estimate of drug-likeness (QED) is 0.519. The van der Waals surface area contributed by atoms with Crippen LogP contribution in [0.15, 0.2) is 30.5 Å². The molecule has 9 heteroatoms. The van der Waals surface area contributed by atoms with Crippen LogP contribution in [0, 0.1) is 0 Å². The fourth-order valence-electron chi connectivity index (χ4n) is 3.42. The summed E-state index contributed by atoms with van der Waals surface area (Å²) in [7, 11) is 1.81. The van der Waals surface area contributed by atoms with E-state index in [0.717, 1.165) is 32.6 Å². The van der Waals surface area contributed by atoms with Crippen molar-refractivity contribution in [2.75, 3.05) is 19.8 Å². The molecule has 0 spiro atoms. The predicted octanol–water partition coefficient (Wildman–Crippen LogP) is 2.50. The first-order chi connectivity index (χ1) is 13.6. The zero-order valence-electron chi connectivity index (χ0n) is 15.5. The van der Waals surface area contributed by atoms with E-state index in [9.17, 15) is 4.79 Å². The molecule has 5 rings (SSSR count). The smallest absolute Gasteiger partial charge is 0.264 e. The van der Waals surface area contributed by atoms with Crippen LogP contribution in [0.1, 0.15) is 16.6 Å². The summed E-state index contributed by atoms with van der Waals surface area (Å²) in [6.07, 6.45) is 1.77. The average Bonchev–Trinajstić information content (AvgIpc) is 3.30. The Kier molecular flexibility index (Phi) is 4.06. The molecule has 0 radical (unpaired) electrons. The van der Waals surface area contributed by atoms with Crippen LogP contribution in [0.3, 0.4) is 0 Å². The maximum Gasteiger partial charge on any atom is 0.264 e. The maximum absolute atomic E-state index is 12.9. The van der Waals surface area contributed by atoms with Gasteiger partial charge in [-0.3, -0.25) is 4.79 Å². The van der Waals surface area contributed by atoms with Gasteiger partial charge in [-0.2, -0.15) is 0 Å². The minimum Gasteiger partial charge on any atom is -0.377 e. The van der Waals surface area contributed by atoms with Gasteiger partial charge in [0, 0.05) is 30.7 Å². The molecule has 142 valence electrons. The summed E-state index contributed by atoms with van der Waals surface area (Å²) in [5.74, 6) is 0.0444. The van der Waals surface area contributed by atoms with Crippen LogP contribution in [0.5, 0.6) is 0 Å². The molecule has 1 aliphatic rings. The number of thiophene rings is 1. The number of nitrogens with zero attached hydrogens (tertiary/aromatic N) is 6. The molecule has 4 aromatic rings. The van der Waals surface area contributed by atoms with Gasteiger partial charge >= 0.3 is 0 Å². The molecule has 0 aromatic carbocycles.